The fraction of sp³-hybridized carbons (Fsp3) is 0.613. The molecule has 1 fully saturated rings. The number of benzene rings is 2. The average molecular weight is 1020 g/mol. The summed E-state index contributed by atoms with van der Waals surface area (Å²) in [6, 6.07) is 8.20. The monoisotopic (exact) mass is 1020 g/mol. The van der Waals surface area contributed by atoms with Crippen LogP contribution in [0.1, 0.15) is 270 Å². The number of esters is 2. The third-order valence-corrected chi connectivity index (χ3v) is 14.9. The molecule has 0 aromatic heterocycles. The summed E-state index contributed by atoms with van der Waals surface area (Å²) in [6.07, 6.45) is 35.1. The molecule has 12 nitrogen and oxygen atoms in total. The van der Waals surface area contributed by atoms with E-state index in [0.717, 1.165) is 75.0 Å². The highest BCUT2D eigenvalue weighted by atomic mass is 16.5. The molecule has 3 rings (SSSR count). The minimum absolute atomic E-state index is 0.00415. The van der Waals surface area contributed by atoms with Gasteiger partial charge in [-0.1, -0.05) is 174 Å². The van der Waals surface area contributed by atoms with Crippen LogP contribution in [0.3, 0.4) is 0 Å². The number of hydrogen-bond acceptors (Lipinski definition) is 10. The Bertz CT molecular complexity index is 2140. The van der Waals surface area contributed by atoms with Crippen molar-refractivity contribution in [1.29, 1.82) is 0 Å². The Balaban J connectivity index is 1.48. The van der Waals surface area contributed by atoms with E-state index in [1.54, 1.807) is 0 Å². The van der Waals surface area contributed by atoms with E-state index in [1.807, 2.05) is 0 Å². The molecule has 74 heavy (non-hydrogen) atoms. The van der Waals surface area contributed by atoms with Gasteiger partial charge in [-0.15, -0.1) is 0 Å². The van der Waals surface area contributed by atoms with Crippen molar-refractivity contribution in [2.24, 2.45) is 23.7 Å². The smallest absolute Gasteiger partial charge is 0.338 e. The third-order valence-electron chi connectivity index (χ3n) is 14.9. The summed E-state index contributed by atoms with van der Waals surface area (Å²) in [5.74, 6) is -0.734. The minimum atomic E-state index is -0.781. The highest BCUT2D eigenvalue weighted by molar-refractivity contribution is 6.13. The maximum absolute atomic E-state index is 12.9. The quantitative estimate of drug-likeness (QED) is 0.0284. The number of hydrogen-bond donors (Lipinski definition) is 2. The molecule has 408 valence electrons. The van der Waals surface area contributed by atoms with Crippen LogP contribution in [-0.4, -0.2) is 61.4 Å². The molecule has 1 aliphatic carbocycles. The predicted molar refractivity (Wildman–Crippen MR) is 293 cm³/mol. The van der Waals surface area contributed by atoms with Gasteiger partial charge in [-0.25, -0.2) is 9.59 Å². The molecule has 0 radical (unpaired) electrons. The number of carbonyl (C=O) groups is 8. The van der Waals surface area contributed by atoms with Crippen LogP contribution in [0.5, 0.6) is 0 Å². The molecule has 4 unspecified atom stereocenters. The zero-order valence-electron chi connectivity index (χ0n) is 45.6. The molecule has 2 aromatic rings. The van der Waals surface area contributed by atoms with E-state index in [1.165, 1.54) is 179 Å². The summed E-state index contributed by atoms with van der Waals surface area (Å²) in [5, 5.41) is 4.37. The summed E-state index contributed by atoms with van der Waals surface area (Å²) in [5.41, 5.74) is 0.595. The summed E-state index contributed by atoms with van der Waals surface area (Å²) < 4.78 is 11.0. The highest BCUT2D eigenvalue weighted by Gasteiger charge is 2.38. The standard InChI is InChI=1S/C62H90N2O10/c1-7-9-11-13-19-25-31-53-47(29-23-12-10-8-2)33-34-48(30-24-18-14-16-21-27-39-73-61(71)49-37-38-55(52(41-49)44-66)59(69)63-57(67)45(3)4)54(53)32-26-20-15-17-22-28-40-74-62(72)50-35-36-51(43-65)56(42-50)60(70)64-58(68)46(5)6/h35-38,41-44,47-48,53-54H,3,5,7-34,39-40H2,1-2,4,6H3,(H,63,67,69)(H,64,68,70). The Morgan fingerprint density at radius 1 is 0.486 bits per heavy atom. The van der Waals surface area contributed by atoms with E-state index in [0.29, 0.717) is 12.6 Å². The van der Waals surface area contributed by atoms with Crippen molar-refractivity contribution in [2.75, 3.05) is 13.2 Å². The van der Waals surface area contributed by atoms with E-state index in [2.05, 4.69) is 37.6 Å². The second kappa shape index (κ2) is 36.4. The molecule has 2 aromatic carbocycles. The maximum atomic E-state index is 12.9. The summed E-state index contributed by atoms with van der Waals surface area (Å²) in [7, 11) is 0. The van der Waals surface area contributed by atoms with Gasteiger partial charge in [0.2, 0.25) is 0 Å². The normalized spacial score (nSPS) is 16.2. The van der Waals surface area contributed by atoms with Crippen molar-refractivity contribution in [3.8, 4) is 0 Å². The number of ether oxygens (including phenoxy) is 2. The van der Waals surface area contributed by atoms with Crippen LogP contribution in [0.2, 0.25) is 0 Å². The van der Waals surface area contributed by atoms with Gasteiger partial charge in [-0.3, -0.25) is 39.4 Å². The fourth-order valence-corrected chi connectivity index (χ4v) is 10.6. The van der Waals surface area contributed by atoms with Crippen molar-refractivity contribution in [1.82, 2.24) is 10.6 Å². The molecule has 1 saturated carbocycles. The Morgan fingerprint density at radius 3 is 1.31 bits per heavy atom. The largest absolute Gasteiger partial charge is 0.462 e. The molecular formula is C62H90N2O10. The number of imide groups is 2. The second-order valence-electron chi connectivity index (χ2n) is 20.9. The van der Waals surface area contributed by atoms with E-state index in [4.69, 9.17) is 9.47 Å². The van der Waals surface area contributed by atoms with Crippen LogP contribution in [0.4, 0.5) is 0 Å². The molecule has 0 spiro atoms. The van der Waals surface area contributed by atoms with E-state index in [9.17, 15) is 38.4 Å². The van der Waals surface area contributed by atoms with Gasteiger partial charge < -0.3 is 9.47 Å². The van der Waals surface area contributed by atoms with Crippen molar-refractivity contribution < 1.29 is 47.8 Å². The molecular weight excluding hydrogens is 933 g/mol. The molecule has 4 amide bonds. The number of unbranched alkanes of at least 4 members (excludes halogenated alkanes) is 18. The Morgan fingerprint density at radius 2 is 0.865 bits per heavy atom. The van der Waals surface area contributed by atoms with Gasteiger partial charge in [-0.05, 0) is 106 Å². The Labute approximate surface area is 443 Å². The number of carbonyl (C=O) groups excluding carboxylic acids is 8. The van der Waals surface area contributed by atoms with E-state index >= 15 is 0 Å². The first kappa shape index (κ1) is 62.8. The molecule has 4 atom stereocenters. The molecule has 0 saturated heterocycles. The predicted octanol–water partition coefficient (Wildman–Crippen LogP) is 14.4. The Kier molecular flexibility index (Phi) is 30.9. The van der Waals surface area contributed by atoms with Gasteiger partial charge in [-0.2, -0.15) is 0 Å². The number of rotatable bonds is 38. The first-order chi connectivity index (χ1) is 35.8. The number of amides is 4. The zero-order chi connectivity index (χ0) is 54.1. The fourth-order valence-electron chi connectivity index (χ4n) is 10.6. The summed E-state index contributed by atoms with van der Waals surface area (Å²) >= 11 is 0. The lowest BCUT2D eigenvalue weighted by Crippen LogP contribution is -2.35. The van der Waals surface area contributed by atoms with Crippen molar-refractivity contribution in [2.45, 2.75) is 207 Å². The van der Waals surface area contributed by atoms with Gasteiger partial charge in [0.05, 0.1) is 35.5 Å². The van der Waals surface area contributed by atoms with Crippen molar-refractivity contribution >= 4 is 48.1 Å². The lowest BCUT2D eigenvalue weighted by molar-refractivity contribution is -0.117. The first-order valence-corrected chi connectivity index (χ1v) is 28.3. The maximum Gasteiger partial charge on any atom is 0.338 e. The SMILES string of the molecule is C=C(C)C(=O)NC(=O)c1ccc(C(=O)OCCCCCCCCC2CCC(CCCCCC)C(CCCCCCCC)C2CCCCCCCCOC(=O)c2ccc(C=O)c(C(=O)NC(=O)C(=C)C)c2)cc1C=O. The van der Waals surface area contributed by atoms with Gasteiger partial charge in [0, 0.05) is 22.3 Å². The number of aldehydes is 2. The molecule has 12 heteroatoms. The van der Waals surface area contributed by atoms with Crippen LogP contribution in [-0.2, 0) is 19.1 Å². The van der Waals surface area contributed by atoms with Crippen LogP contribution in [0.25, 0.3) is 0 Å². The third kappa shape index (κ3) is 22.9. The van der Waals surface area contributed by atoms with Crippen molar-refractivity contribution in [3.05, 3.63) is 94.1 Å². The highest BCUT2D eigenvalue weighted by Crippen LogP contribution is 2.48. The lowest BCUT2D eigenvalue weighted by Gasteiger charge is -2.44. The molecule has 0 bridgehead atoms. The lowest BCUT2D eigenvalue weighted by atomic mass is 9.61. The average Bonchev–Trinajstić information content (AvgIpc) is 3.39. The molecule has 0 heterocycles. The summed E-state index contributed by atoms with van der Waals surface area (Å²) in [6.45, 7) is 15.1. The van der Waals surface area contributed by atoms with E-state index in [-0.39, 0.29) is 57.7 Å². The second-order valence-corrected chi connectivity index (χ2v) is 20.9. The van der Waals surface area contributed by atoms with Crippen LogP contribution < -0.4 is 10.6 Å². The molecule has 0 aliphatic heterocycles. The topological polar surface area (TPSA) is 179 Å². The summed E-state index contributed by atoms with van der Waals surface area (Å²) in [4.78, 5) is 98.0. The first-order valence-electron chi connectivity index (χ1n) is 28.3. The molecule has 2 N–H and O–H groups in total. The minimum Gasteiger partial charge on any atom is -0.462 e. The van der Waals surface area contributed by atoms with Gasteiger partial charge >= 0.3 is 11.9 Å². The van der Waals surface area contributed by atoms with Crippen LogP contribution in [0, 0.1) is 23.7 Å². The number of nitrogens with one attached hydrogen (secondary N) is 2. The van der Waals surface area contributed by atoms with Crippen LogP contribution >= 0.6 is 0 Å². The van der Waals surface area contributed by atoms with Crippen LogP contribution in [0.15, 0.2) is 60.7 Å². The van der Waals surface area contributed by atoms with Gasteiger partial charge in [0.25, 0.3) is 23.6 Å². The Hall–Kier alpha value is -5.52. The van der Waals surface area contributed by atoms with E-state index < -0.39 is 35.6 Å². The molecule has 1 aliphatic rings. The van der Waals surface area contributed by atoms with Crippen molar-refractivity contribution in [3.63, 3.8) is 0 Å². The zero-order valence-corrected chi connectivity index (χ0v) is 45.6. The van der Waals surface area contributed by atoms with Gasteiger partial charge in [0.15, 0.2) is 12.6 Å². The van der Waals surface area contributed by atoms with Gasteiger partial charge in [0.1, 0.15) is 0 Å².